The lowest BCUT2D eigenvalue weighted by Gasteiger charge is -2.37. The van der Waals surface area contributed by atoms with Crippen LogP contribution in [0.1, 0.15) is 67.5 Å². The van der Waals surface area contributed by atoms with Crippen LogP contribution in [-0.2, 0) is 52.2 Å². The summed E-state index contributed by atoms with van der Waals surface area (Å²) in [6.07, 6.45) is -9.54. The number of aromatic amines is 1. The first-order valence-electron chi connectivity index (χ1n) is 17.7. The number of aliphatic hydroxyl groups is 1. The van der Waals surface area contributed by atoms with E-state index in [-0.39, 0.29) is 19.4 Å². The van der Waals surface area contributed by atoms with E-state index in [1.165, 1.54) is 20.4 Å². The molecular formula is C34H50N4O15. The number of carbonyl (C=O) groups excluding carboxylic acids is 3. The minimum atomic E-state index is -1.30. The highest BCUT2D eigenvalue weighted by Crippen LogP contribution is 2.47. The molecule has 0 radical (unpaired) electrons. The minimum absolute atomic E-state index is 0.000495. The highest BCUT2D eigenvalue weighted by atomic mass is 16.8. The van der Waals surface area contributed by atoms with Gasteiger partial charge in [0.1, 0.15) is 48.3 Å². The fraction of sp³-hybridized carbons (Fsp3) is 0.794. The Morgan fingerprint density at radius 1 is 1.00 bits per heavy atom. The number of esters is 1. The fourth-order valence-corrected chi connectivity index (χ4v) is 7.72. The number of nitrogens with zero attached hydrogens (tertiary/aromatic N) is 2. The zero-order valence-electron chi connectivity index (χ0n) is 31.3. The molecule has 5 aliphatic rings. The minimum Gasteiger partial charge on any atom is -0.467 e. The van der Waals surface area contributed by atoms with E-state index >= 15 is 0 Å². The number of hydrogen-bond acceptors (Lipinski definition) is 15. The molecule has 19 heteroatoms. The summed E-state index contributed by atoms with van der Waals surface area (Å²) in [6.45, 7) is 12.0. The molecule has 12 atom stereocenters. The van der Waals surface area contributed by atoms with Gasteiger partial charge in [0.15, 0.2) is 30.1 Å². The Kier molecular flexibility index (Phi) is 10.6. The van der Waals surface area contributed by atoms with Crippen molar-refractivity contribution in [1.82, 2.24) is 19.8 Å². The molecule has 1 aromatic heterocycles. The second kappa shape index (κ2) is 14.3. The molecule has 6 heterocycles. The molecular weight excluding hydrogens is 704 g/mol. The molecule has 0 bridgehead atoms. The van der Waals surface area contributed by atoms with E-state index in [2.05, 4.69) is 10.3 Å². The van der Waals surface area contributed by atoms with Gasteiger partial charge in [-0.1, -0.05) is 0 Å². The van der Waals surface area contributed by atoms with E-state index in [0.29, 0.717) is 0 Å². The second-order valence-corrected chi connectivity index (χ2v) is 15.8. The lowest BCUT2D eigenvalue weighted by atomic mass is 9.89. The number of nitrogens with one attached hydrogen (secondary N) is 2. The number of hydrogen-bond donors (Lipinski definition) is 3. The van der Waals surface area contributed by atoms with E-state index < -0.39 is 120 Å². The third-order valence-corrected chi connectivity index (χ3v) is 9.82. The number of amides is 2. The van der Waals surface area contributed by atoms with Crippen LogP contribution in [0, 0.1) is 5.92 Å². The van der Waals surface area contributed by atoms with Gasteiger partial charge in [-0.3, -0.25) is 19.1 Å². The van der Waals surface area contributed by atoms with Gasteiger partial charge in [0.05, 0.1) is 19.1 Å². The van der Waals surface area contributed by atoms with Crippen LogP contribution in [0.5, 0.6) is 0 Å². The van der Waals surface area contributed by atoms with Crippen LogP contribution in [0.25, 0.3) is 0 Å². The van der Waals surface area contributed by atoms with Gasteiger partial charge in [-0.25, -0.2) is 14.4 Å². The first kappa shape index (κ1) is 39.3. The molecule has 5 fully saturated rings. The summed E-state index contributed by atoms with van der Waals surface area (Å²) in [5.41, 5.74) is -2.12. The highest BCUT2D eigenvalue weighted by molar-refractivity contribution is 5.87. The Morgan fingerprint density at radius 2 is 1.64 bits per heavy atom. The van der Waals surface area contributed by atoms with Gasteiger partial charge in [0.25, 0.3) is 5.56 Å². The Bertz CT molecular complexity index is 1670. The maximum Gasteiger partial charge on any atom is 0.407 e. The topological polar surface area (TPSA) is 225 Å². The third kappa shape index (κ3) is 8.02. The molecule has 5 aliphatic heterocycles. The van der Waals surface area contributed by atoms with Gasteiger partial charge in [-0.15, -0.1) is 0 Å². The highest BCUT2D eigenvalue weighted by Gasteiger charge is 2.63. The quantitative estimate of drug-likeness (QED) is 0.294. The van der Waals surface area contributed by atoms with Crippen LogP contribution < -0.4 is 16.6 Å². The summed E-state index contributed by atoms with van der Waals surface area (Å²) in [6, 6.07) is -0.132. The molecule has 2 amide bonds. The number of methoxy groups -OCH3 is 1. The maximum absolute atomic E-state index is 14.4. The number of fused-ring (bicyclic) bond motifs is 2. The standard InChI is InChI=1S/C34H50N4O15/c1-32(2,3)53-31(44)35-14-17-21-25(52-33(4,5)49-21)29(46-17)48-20(15-10-11-16(39)19(28(42)45-9)37(8)26(15)41)22-23-24(51-34(6,7)50-23)27(47-22)38-13-12-18(40)36-30(38)43/h12-13,15-17,19-25,27,29,39H,10-11,14H2,1-9H3,(H,35,44)(H,36,40,43)/t15-,16-,17?,19-,20-,21?,22?,23?,24?,25?,27?,29?/m0/s1. The lowest BCUT2D eigenvalue weighted by molar-refractivity contribution is -0.271. The molecule has 53 heavy (non-hydrogen) atoms. The maximum atomic E-state index is 14.4. The average molecular weight is 755 g/mol. The molecule has 3 N–H and O–H groups in total. The average Bonchev–Trinajstić information content (AvgIpc) is 3.72. The normalized spacial score (nSPS) is 36.8. The van der Waals surface area contributed by atoms with Gasteiger partial charge >= 0.3 is 17.8 Å². The number of likely N-dealkylation sites (N-methyl/N-ethyl adjacent to an activating group) is 1. The molecule has 0 aromatic carbocycles. The first-order chi connectivity index (χ1) is 24.7. The predicted octanol–water partition coefficient (Wildman–Crippen LogP) is -0.120. The molecule has 1 aromatic rings. The van der Waals surface area contributed by atoms with Gasteiger partial charge in [-0.2, -0.15) is 0 Å². The zero-order chi connectivity index (χ0) is 38.8. The van der Waals surface area contributed by atoms with Gasteiger partial charge in [0.2, 0.25) is 5.91 Å². The van der Waals surface area contributed by atoms with Crippen molar-refractivity contribution in [1.29, 1.82) is 0 Å². The van der Waals surface area contributed by atoms with Crippen LogP contribution in [0.2, 0.25) is 0 Å². The molecule has 6 rings (SSSR count). The number of alkyl carbamates (subject to hydrolysis) is 1. The Labute approximate surface area is 305 Å². The van der Waals surface area contributed by atoms with Gasteiger partial charge < -0.3 is 58.0 Å². The molecule has 5 saturated heterocycles. The second-order valence-electron chi connectivity index (χ2n) is 15.8. The number of rotatable bonds is 8. The number of ether oxygens (including phenoxy) is 9. The molecule has 8 unspecified atom stereocenters. The molecule has 19 nitrogen and oxygen atoms in total. The number of carbonyl (C=O) groups is 3. The zero-order valence-corrected chi connectivity index (χ0v) is 31.3. The van der Waals surface area contributed by atoms with Crippen LogP contribution >= 0.6 is 0 Å². The summed E-state index contributed by atoms with van der Waals surface area (Å²) in [5.74, 6) is -4.68. The number of likely N-dealkylation sites (tertiary alicyclic amines) is 1. The van der Waals surface area contributed by atoms with Crippen LogP contribution in [0.15, 0.2) is 21.9 Å². The number of aliphatic hydroxyl groups excluding tert-OH is 1. The van der Waals surface area contributed by atoms with Crippen molar-refractivity contribution in [3.05, 3.63) is 33.1 Å². The number of aromatic nitrogens is 2. The summed E-state index contributed by atoms with van der Waals surface area (Å²) in [7, 11) is 2.55. The summed E-state index contributed by atoms with van der Waals surface area (Å²) < 4.78 is 56.2. The van der Waals surface area contributed by atoms with E-state index in [9.17, 15) is 29.1 Å². The van der Waals surface area contributed by atoms with Crippen molar-refractivity contribution in [3.8, 4) is 0 Å². The summed E-state index contributed by atoms with van der Waals surface area (Å²) in [4.78, 5) is 68.0. The van der Waals surface area contributed by atoms with Crippen molar-refractivity contribution in [2.24, 2.45) is 5.92 Å². The van der Waals surface area contributed by atoms with Crippen LogP contribution in [0.4, 0.5) is 4.79 Å². The first-order valence-corrected chi connectivity index (χ1v) is 17.7. The van der Waals surface area contributed by atoms with Crippen molar-refractivity contribution in [3.63, 3.8) is 0 Å². The summed E-state index contributed by atoms with van der Waals surface area (Å²) in [5, 5.41) is 13.8. The van der Waals surface area contributed by atoms with Crippen LogP contribution in [-0.4, -0.2) is 137 Å². The van der Waals surface area contributed by atoms with E-state index in [1.807, 2.05) is 0 Å². The SMILES string of the molecule is COC(=O)[C@@H]1[C@@H](O)CC[C@@H]([C@H](OC2OC(CNC(=O)OC(C)(C)C)C3OC(C)(C)OC23)C2OC(n3ccc(=O)[nH]c3=O)C3OC(C)(C)OC32)C(=O)N1C. The van der Waals surface area contributed by atoms with Crippen molar-refractivity contribution >= 4 is 18.0 Å². The largest absolute Gasteiger partial charge is 0.467 e. The van der Waals surface area contributed by atoms with Crippen LogP contribution in [0.3, 0.4) is 0 Å². The predicted molar refractivity (Wildman–Crippen MR) is 178 cm³/mol. The van der Waals surface area contributed by atoms with Gasteiger partial charge in [-0.05, 0) is 61.3 Å². The lowest BCUT2D eigenvalue weighted by Crippen LogP contribution is -2.54. The smallest absolute Gasteiger partial charge is 0.407 e. The number of H-pyrrole nitrogens is 1. The Morgan fingerprint density at radius 3 is 2.28 bits per heavy atom. The summed E-state index contributed by atoms with van der Waals surface area (Å²) >= 11 is 0. The molecule has 296 valence electrons. The molecule has 0 spiro atoms. The van der Waals surface area contributed by atoms with Gasteiger partial charge in [0, 0.05) is 25.9 Å². The van der Waals surface area contributed by atoms with E-state index in [0.717, 1.165) is 15.5 Å². The van der Waals surface area contributed by atoms with Crippen molar-refractivity contribution in [2.45, 2.75) is 146 Å². The molecule has 0 saturated carbocycles. The third-order valence-electron chi connectivity index (χ3n) is 9.82. The Balaban J connectivity index is 1.36. The van der Waals surface area contributed by atoms with Crippen molar-refractivity contribution in [2.75, 3.05) is 20.7 Å². The monoisotopic (exact) mass is 754 g/mol. The van der Waals surface area contributed by atoms with E-state index in [4.69, 9.17) is 42.6 Å². The fourth-order valence-electron chi connectivity index (χ4n) is 7.72. The Hall–Kier alpha value is -3.43. The van der Waals surface area contributed by atoms with E-state index in [1.54, 1.807) is 48.5 Å². The van der Waals surface area contributed by atoms with Crippen molar-refractivity contribution < 1.29 is 62.1 Å². The molecule has 0 aliphatic carbocycles.